The first-order valence-corrected chi connectivity index (χ1v) is 17.2. The number of hydrogen-bond acceptors (Lipinski definition) is 0. The van der Waals surface area contributed by atoms with Gasteiger partial charge in [0.15, 0.2) is 0 Å². The Bertz CT molecular complexity index is 751. The third-order valence-electron chi connectivity index (χ3n) is 6.13. The second-order valence-electron chi connectivity index (χ2n) is 9.04. The monoisotopic (exact) mass is 398 g/mol. The van der Waals surface area contributed by atoms with Crippen LogP contribution in [0.5, 0.6) is 0 Å². The Morgan fingerprint density at radius 3 is 2.32 bits per heavy atom. The van der Waals surface area contributed by atoms with E-state index in [2.05, 4.69) is 79.3 Å². The molecule has 1 aliphatic carbocycles. The predicted molar refractivity (Wildman–Crippen MR) is 111 cm³/mol. The molecule has 2 aromatic rings. The molecule has 134 valence electrons. The first kappa shape index (κ1) is 18.7. The first-order chi connectivity index (χ1) is 11.8. The van der Waals surface area contributed by atoms with Crippen LogP contribution in [-0.4, -0.2) is 13.3 Å². The zero-order chi connectivity index (χ0) is 18.2. The van der Waals surface area contributed by atoms with Crippen LogP contribution in [0.2, 0.25) is 17.3 Å². The van der Waals surface area contributed by atoms with E-state index in [1.54, 1.807) is 9.96 Å². The molecule has 25 heavy (non-hydrogen) atoms. The molecule has 0 saturated heterocycles. The van der Waals surface area contributed by atoms with E-state index in [1.165, 1.54) is 42.5 Å². The van der Waals surface area contributed by atoms with E-state index < -0.39 is 13.3 Å². The van der Waals surface area contributed by atoms with Crippen LogP contribution in [0.4, 0.5) is 0 Å². The number of aryl methyl sites for hydroxylation is 2. The summed E-state index contributed by atoms with van der Waals surface area (Å²) in [6, 6.07) is 11.3. The molecule has 0 bridgehead atoms. The summed E-state index contributed by atoms with van der Waals surface area (Å²) in [7, 11) is 2.23. The van der Waals surface area contributed by atoms with Gasteiger partial charge in [0.1, 0.15) is 0 Å². The molecule has 1 unspecified atom stereocenters. The van der Waals surface area contributed by atoms with Crippen LogP contribution < -0.4 is 8.96 Å². The van der Waals surface area contributed by atoms with E-state index in [-0.39, 0.29) is 0 Å². The molecule has 1 aliphatic rings. The van der Waals surface area contributed by atoms with Gasteiger partial charge in [0, 0.05) is 0 Å². The molecule has 1 saturated carbocycles. The SMILES string of the molecule is Cc1ccccc1-c1cc(C(C)C2CCCC2)[c]([Ge]([CH3])([CH3])[CH3])c[n+]1C. The summed E-state index contributed by atoms with van der Waals surface area (Å²) >= 11 is -1.92. The van der Waals surface area contributed by atoms with Crippen LogP contribution in [0, 0.1) is 12.8 Å². The van der Waals surface area contributed by atoms with Crippen molar-refractivity contribution in [2.75, 3.05) is 0 Å². The molecule has 3 rings (SSSR count). The summed E-state index contributed by atoms with van der Waals surface area (Å²) in [5.74, 6) is 9.17. The Kier molecular flexibility index (Phi) is 5.43. The van der Waals surface area contributed by atoms with Gasteiger partial charge in [-0.1, -0.05) is 0 Å². The van der Waals surface area contributed by atoms with E-state index in [0.717, 1.165) is 5.92 Å². The number of aromatic nitrogens is 1. The van der Waals surface area contributed by atoms with Crippen molar-refractivity contribution in [1.29, 1.82) is 0 Å². The van der Waals surface area contributed by atoms with E-state index in [9.17, 15) is 0 Å². The summed E-state index contributed by atoms with van der Waals surface area (Å²) in [5.41, 5.74) is 5.75. The number of hydrogen-bond donors (Lipinski definition) is 0. The van der Waals surface area contributed by atoms with Gasteiger partial charge in [-0.3, -0.25) is 0 Å². The van der Waals surface area contributed by atoms with Crippen molar-refractivity contribution in [3.8, 4) is 11.3 Å². The van der Waals surface area contributed by atoms with Gasteiger partial charge in [-0.25, -0.2) is 0 Å². The van der Waals surface area contributed by atoms with Gasteiger partial charge in [-0.2, -0.15) is 0 Å². The average Bonchev–Trinajstić information content (AvgIpc) is 3.08. The minimum atomic E-state index is -1.92. The van der Waals surface area contributed by atoms with E-state index >= 15 is 0 Å². The zero-order valence-electron chi connectivity index (χ0n) is 16.9. The van der Waals surface area contributed by atoms with Gasteiger partial charge >= 0.3 is 157 Å². The quantitative estimate of drug-likeness (QED) is 0.486. The molecule has 0 spiro atoms. The predicted octanol–water partition coefficient (Wildman–Crippen LogP) is 5.33. The average molecular weight is 397 g/mol. The third-order valence-corrected chi connectivity index (χ3v) is 10.4. The molecule has 1 aromatic heterocycles. The number of rotatable bonds is 4. The normalized spacial score (nSPS) is 17.0. The van der Waals surface area contributed by atoms with Gasteiger partial charge in [0.2, 0.25) is 0 Å². The number of pyridine rings is 1. The van der Waals surface area contributed by atoms with Crippen LogP contribution in [0.15, 0.2) is 36.5 Å². The van der Waals surface area contributed by atoms with Crippen molar-refractivity contribution >= 4 is 17.7 Å². The van der Waals surface area contributed by atoms with Crippen LogP contribution in [0.1, 0.15) is 49.7 Å². The molecule has 0 amide bonds. The zero-order valence-corrected chi connectivity index (χ0v) is 19.0. The van der Waals surface area contributed by atoms with Gasteiger partial charge in [-0.15, -0.1) is 0 Å². The van der Waals surface area contributed by atoms with Crippen LogP contribution in [0.25, 0.3) is 11.3 Å². The number of benzene rings is 1. The molecule has 1 heterocycles. The Morgan fingerprint density at radius 2 is 1.72 bits per heavy atom. The summed E-state index contributed by atoms with van der Waals surface area (Å²) in [5, 5.41) is 0. The molecule has 1 atom stereocenters. The van der Waals surface area contributed by atoms with Crippen molar-refractivity contribution in [3.05, 3.63) is 47.7 Å². The Hall–Kier alpha value is -1.09. The van der Waals surface area contributed by atoms with E-state index in [1.807, 2.05) is 0 Å². The molecule has 1 fully saturated rings. The minimum absolute atomic E-state index is 0.686. The second-order valence-corrected chi connectivity index (χ2v) is 19.6. The maximum atomic E-state index is 2.54. The summed E-state index contributed by atoms with van der Waals surface area (Å²) in [6.07, 6.45) is 8.15. The van der Waals surface area contributed by atoms with Crippen molar-refractivity contribution < 1.29 is 4.57 Å². The molecular weight excluding hydrogens is 363 g/mol. The molecule has 0 aliphatic heterocycles. The van der Waals surface area contributed by atoms with Crippen molar-refractivity contribution in [2.45, 2.75) is 62.7 Å². The maximum absolute atomic E-state index is 2.54. The van der Waals surface area contributed by atoms with Gasteiger partial charge < -0.3 is 0 Å². The summed E-state index contributed by atoms with van der Waals surface area (Å²) in [4.78, 5) is 0. The summed E-state index contributed by atoms with van der Waals surface area (Å²) in [6.45, 7) is 4.72. The molecule has 2 heteroatoms. The van der Waals surface area contributed by atoms with E-state index in [0.29, 0.717) is 5.92 Å². The van der Waals surface area contributed by atoms with Crippen LogP contribution >= 0.6 is 0 Å². The van der Waals surface area contributed by atoms with Crippen LogP contribution in [0.3, 0.4) is 0 Å². The third kappa shape index (κ3) is 3.87. The Balaban J connectivity index is 2.16. The fourth-order valence-electron chi connectivity index (χ4n) is 4.51. The van der Waals surface area contributed by atoms with E-state index in [4.69, 9.17) is 0 Å². The molecular formula is C23H34GeN+. The van der Waals surface area contributed by atoms with Crippen molar-refractivity contribution in [2.24, 2.45) is 13.0 Å². The van der Waals surface area contributed by atoms with Crippen molar-refractivity contribution in [1.82, 2.24) is 0 Å². The standard InChI is InChI=1S/C23H34GeN/c1-17-11-7-10-14-20(17)23-15-21(18(2)19-12-8-9-13-19)22(16-25(23)6)24(3,4)5/h7,10-11,14-16,18-19H,8-9,12-13H2,1-6H3/q+1. The Labute approximate surface area is 156 Å². The molecule has 0 N–H and O–H groups in total. The van der Waals surface area contributed by atoms with Crippen molar-refractivity contribution in [3.63, 3.8) is 0 Å². The fourth-order valence-corrected chi connectivity index (χ4v) is 8.17. The summed E-state index contributed by atoms with van der Waals surface area (Å²) < 4.78 is 4.07. The second kappa shape index (κ2) is 7.27. The Morgan fingerprint density at radius 1 is 1.08 bits per heavy atom. The van der Waals surface area contributed by atoms with Gasteiger partial charge in [0.05, 0.1) is 0 Å². The number of nitrogens with zero attached hydrogens (tertiary/aromatic N) is 1. The molecule has 0 radical (unpaired) electrons. The van der Waals surface area contributed by atoms with Gasteiger partial charge in [-0.05, 0) is 0 Å². The molecule has 1 aromatic carbocycles. The van der Waals surface area contributed by atoms with Gasteiger partial charge in [0.25, 0.3) is 0 Å². The first-order valence-electron chi connectivity index (χ1n) is 9.89. The topological polar surface area (TPSA) is 3.88 Å². The van der Waals surface area contributed by atoms with Crippen LogP contribution in [-0.2, 0) is 7.05 Å². The molecule has 1 nitrogen and oxygen atoms in total. The fraction of sp³-hybridized carbons (Fsp3) is 0.522.